The predicted octanol–water partition coefficient (Wildman–Crippen LogP) is 1.97. The van der Waals surface area contributed by atoms with Gasteiger partial charge in [0.25, 0.3) is 0 Å². The van der Waals surface area contributed by atoms with E-state index in [0.717, 1.165) is 44.0 Å². The number of nitrogens with zero attached hydrogens (tertiary/aromatic N) is 4. The van der Waals surface area contributed by atoms with E-state index < -0.39 is 0 Å². The second-order valence-corrected chi connectivity index (χ2v) is 7.13. The molecule has 22 heavy (non-hydrogen) atoms. The van der Waals surface area contributed by atoms with Crippen molar-refractivity contribution < 1.29 is 0 Å². The number of hydrogen-bond acceptors (Lipinski definition) is 4. The molecule has 0 bridgehead atoms. The van der Waals surface area contributed by atoms with Crippen molar-refractivity contribution >= 4 is 0 Å². The Kier molecular flexibility index (Phi) is 4.04. The Morgan fingerprint density at radius 2 is 2.18 bits per heavy atom. The molecule has 120 valence electrons. The van der Waals surface area contributed by atoms with Gasteiger partial charge in [0, 0.05) is 48.6 Å². The number of aryl methyl sites for hydroxylation is 2. The van der Waals surface area contributed by atoms with Gasteiger partial charge in [0.1, 0.15) is 11.6 Å². The van der Waals surface area contributed by atoms with E-state index in [2.05, 4.69) is 58.0 Å². The van der Waals surface area contributed by atoms with Gasteiger partial charge >= 0.3 is 0 Å². The van der Waals surface area contributed by atoms with E-state index in [1.54, 1.807) is 0 Å². The van der Waals surface area contributed by atoms with Crippen molar-refractivity contribution in [2.24, 2.45) is 0 Å². The van der Waals surface area contributed by atoms with E-state index in [1.165, 1.54) is 11.3 Å². The van der Waals surface area contributed by atoms with Crippen molar-refractivity contribution in [2.75, 3.05) is 0 Å². The summed E-state index contributed by atoms with van der Waals surface area (Å²) in [5, 5.41) is 19.6. The molecule has 1 atom stereocenters. The monoisotopic (exact) mass is 302 g/mol. The Morgan fingerprint density at radius 1 is 1.36 bits per heavy atom. The molecule has 0 saturated carbocycles. The summed E-state index contributed by atoms with van der Waals surface area (Å²) >= 11 is 0. The third-order valence-corrected chi connectivity index (χ3v) is 4.39. The zero-order chi connectivity index (χ0) is 15.7. The quantitative estimate of drug-likeness (QED) is 0.906. The van der Waals surface area contributed by atoms with Crippen molar-refractivity contribution in [2.45, 2.75) is 71.5 Å². The lowest BCUT2D eigenvalue weighted by Gasteiger charge is -2.26. The lowest BCUT2D eigenvalue weighted by atomic mass is 9.89. The smallest absolute Gasteiger partial charge is 0.133 e. The third-order valence-electron chi connectivity index (χ3n) is 4.39. The van der Waals surface area contributed by atoms with E-state index in [4.69, 9.17) is 0 Å². The second kappa shape index (κ2) is 5.83. The summed E-state index contributed by atoms with van der Waals surface area (Å²) < 4.78 is 2.28. The molecule has 3 rings (SSSR count). The first-order chi connectivity index (χ1) is 10.5. The van der Waals surface area contributed by atoms with Gasteiger partial charge in [-0.3, -0.25) is 5.10 Å². The van der Waals surface area contributed by atoms with Gasteiger partial charge in [-0.1, -0.05) is 27.7 Å². The maximum atomic E-state index is 4.29. The number of aromatic amines is 1. The first kappa shape index (κ1) is 15.2. The Hall–Kier alpha value is -1.69. The first-order valence-electron chi connectivity index (χ1n) is 8.16. The molecule has 2 aromatic rings. The molecule has 0 radical (unpaired) electrons. The highest BCUT2D eigenvalue weighted by atomic mass is 15.3. The predicted molar refractivity (Wildman–Crippen MR) is 85.6 cm³/mol. The van der Waals surface area contributed by atoms with Crippen LogP contribution in [0.3, 0.4) is 0 Å². The molecule has 1 aliphatic rings. The number of nitrogens with one attached hydrogen (secondary N) is 2. The molecule has 0 amide bonds. The van der Waals surface area contributed by atoms with Gasteiger partial charge in [-0.2, -0.15) is 5.10 Å². The summed E-state index contributed by atoms with van der Waals surface area (Å²) in [5.74, 6) is 2.23. The van der Waals surface area contributed by atoms with Crippen LogP contribution >= 0.6 is 0 Å². The molecule has 6 heteroatoms. The van der Waals surface area contributed by atoms with Crippen molar-refractivity contribution in [1.29, 1.82) is 0 Å². The minimum atomic E-state index is 0.0941. The average molecular weight is 302 g/mol. The lowest BCUT2D eigenvalue weighted by Crippen LogP contribution is -2.37. The Balaban J connectivity index is 1.65. The van der Waals surface area contributed by atoms with Crippen LogP contribution in [0.1, 0.15) is 57.0 Å². The number of H-pyrrole nitrogens is 1. The van der Waals surface area contributed by atoms with Gasteiger partial charge in [-0.05, 0) is 6.42 Å². The van der Waals surface area contributed by atoms with Crippen LogP contribution in [-0.2, 0) is 31.3 Å². The Bertz CT molecular complexity index is 620. The maximum absolute atomic E-state index is 4.29. The largest absolute Gasteiger partial charge is 0.313 e. The van der Waals surface area contributed by atoms with Gasteiger partial charge in [-0.15, -0.1) is 10.2 Å². The van der Waals surface area contributed by atoms with Crippen molar-refractivity contribution in [1.82, 2.24) is 30.3 Å². The zero-order valence-corrected chi connectivity index (χ0v) is 14.0. The van der Waals surface area contributed by atoms with Crippen molar-refractivity contribution in [3.8, 4) is 0 Å². The number of aromatic nitrogens is 5. The summed E-state index contributed by atoms with van der Waals surface area (Å²) in [6.07, 6.45) is 5.00. The number of hydrogen-bond donors (Lipinski definition) is 2. The fraction of sp³-hybridized carbons (Fsp3) is 0.688. The maximum Gasteiger partial charge on any atom is 0.133 e. The van der Waals surface area contributed by atoms with Gasteiger partial charge in [0.05, 0.1) is 6.20 Å². The van der Waals surface area contributed by atoms with Crippen LogP contribution in [0.4, 0.5) is 0 Å². The highest BCUT2D eigenvalue weighted by molar-refractivity contribution is 5.23. The molecule has 3 heterocycles. The topological polar surface area (TPSA) is 71.4 Å². The summed E-state index contributed by atoms with van der Waals surface area (Å²) in [4.78, 5) is 0. The Labute approximate surface area is 131 Å². The van der Waals surface area contributed by atoms with E-state index >= 15 is 0 Å². The van der Waals surface area contributed by atoms with E-state index in [9.17, 15) is 0 Å². The van der Waals surface area contributed by atoms with Crippen molar-refractivity contribution in [3.05, 3.63) is 29.1 Å². The molecular formula is C16H26N6. The minimum absolute atomic E-state index is 0.0941. The molecule has 0 aliphatic carbocycles. The van der Waals surface area contributed by atoms with Gasteiger partial charge in [0.15, 0.2) is 0 Å². The summed E-state index contributed by atoms with van der Waals surface area (Å²) in [7, 11) is 0. The molecule has 1 aliphatic heterocycles. The van der Waals surface area contributed by atoms with Crippen molar-refractivity contribution in [3.63, 3.8) is 0 Å². The molecule has 0 aromatic carbocycles. The summed E-state index contributed by atoms with van der Waals surface area (Å²) in [5.41, 5.74) is 2.57. The molecule has 0 saturated heterocycles. The molecule has 6 nitrogen and oxygen atoms in total. The summed E-state index contributed by atoms with van der Waals surface area (Å²) in [6, 6.07) is 0.469. The minimum Gasteiger partial charge on any atom is -0.313 e. The molecule has 0 fully saturated rings. The lowest BCUT2D eigenvalue weighted by molar-refractivity contribution is 0.372. The summed E-state index contributed by atoms with van der Waals surface area (Å²) in [6.45, 7) is 10.6. The van der Waals surface area contributed by atoms with Crippen LogP contribution in [0.15, 0.2) is 6.20 Å². The van der Waals surface area contributed by atoms with Gasteiger partial charge < -0.3 is 9.88 Å². The first-order valence-corrected chi connectivity index (χ1v) is 8.16. The Morgan fingerprint density at radius 3 is 2.91 bits per heavy atom. The normalized spacial score (nSPS) is 18.5. The second-order valence-electron chi connectivity index (χ2n) is 7.13. The zero-order valence-electron chi connectivity index (χ0n) is 14.0. The number of fused-ring (bicyclic) bond motifs is 1. The highest BCUT2D eigenvalue weighted by Crippen LogP contribution is 2.23. The highest BCUT2D eigenvalue weighted by Gasteiger charge is 2.24. The molecule has 0 spiro atoms. The van der Waals surface area contributed by atoms with Crippen LogP contribution in [0.5, 0.6) is 0 Å². The van der Waals surface area contributed by atoms with Gasteiger partial charge in [0.2, 0.25) is 0 Å². The van der Waals surface area contributed by atoms with Crippen LogP contribution in [0.25, 0.3) is 0 Å². The fourth-order valence-corrected chi connectivity index (χ4v) is 3.16. The van der Waals surface area contributed by atoms with Crippen LogP contribution in [0, 0.1) is 0 Å². The third kappa shape index (κ3) is 2.92. The van der Waals surface area contributed by atoms with E-state index in [-0.39, 0.29) is 5.41 Å². The number of rotatable bonds is 4. The van der Waals surface area contributed by atoms with E-state index in [0.29, 0.717) is 6.04 Å². The standard InChI is InChI=1S/C16H26N6/c1-5-13-19-20-14-7-6-12(10-22(13)14)17-8-11-9-18-21-15(11)16(2,3)4/h9,12,17H,5-8,10H2,1-4H3,(H,18,21). The van der Waals surface area contributed by atoms with Gasteiger partial charge in [-0.25, -0.2) is 0 Å². The molecule has 1 unspecified atom stereocenters. The fourth-order valence-electron chi connectivity index (χ4n) is 3.16. The van der Waals surface area contributed by atoms with Crippen LogP contribution < -0.4 is 5.32 Å². The van der Waals surface area contributed by atoms with Crippen LogP contribution in [-0.4, -0.2) is 31.0 Å². The SMILES string of the molecule is CCc1nnc2n1CC(NCc1cn[nH]c1C(C)(C)C)CC2. The van der Waals surface area contributed by atoms with Crippen LogP contribution in [0.2, 0.25) is 0 Å². The molecule has 2 N–H and O–H groups in total. The average Bonchev–Trinajstić information content (AvgIpc) is 3.10. The van der Waals surface area contributed by atoms with E-state index in [1.807, 2.05) is 6.20 Å². The molecular weight excluding hydrogens is 276 g/mol. The molecule has 2 aromatic heterocycles.